The van der Waals surface area contributed by atoms with E-state index in [0.29, 0.717) is 19.0 Å². The van der Waals surface area contributed by atoms with E-state index in [1.807, 2.05) is 39.0 Å². The minimum Gasteiger partial charge on any atom is -0.464 e. The predicted molar refractivity (Wildman–Crippen MR) is 90.3 cm³/mol. The standard InChI is InChI=1S/C18H28N2O3/c1-13-11-15(13)16-8-7-14(22-16)12-19-9-5-6-10-20-17(21)23-18(2,3)4/h5-8,13,15,19H,9-12H2,1-4H3,(H,20,21)/b6-5+. The molecule has 1 aromatic heterocycles. The van der Waals surface area contributed by atoms with Gasteiger partial charge in [-0.25, -0.2) is 4.79 Å². The summed E-state index contributed by atoms with van der Waals surface area (Å²) < 4.78 is 11.0. The molecule has 5 heteroatoms. The van der Waals surface area contributed by atoms with Gasteiger partial charge in [0.15, 0.2) is 0 Å². The van der Waals surface area contributed by atoms with Crippen molar-refractivity contribution in [3.8, 4) is 0 Å². The molecule has 2 atom stereocenters. The molecule has 2 N–H and O–H groups in total. The van der Waals surface area contributed by atoms with Gasteiger partial charge in [0, 0.05) is 19.0 Å². The summed E-state index contributed by atoms with van der Waals surface area (Å²) in [7, 11) is 0. The minimum atomic E-state index is -0.463. The van der Waals surface area contributed by atoms with E-state index in [2.05, 4.69) is 23.6 Å². The van der Waals surface area contributed by atoms with Crippen LogP contribution in [0.2, 0.25) is 0 Å². The highest BCUT2D eigenvalue weighted by Gasteiger charge is 2.36. The van der Waals surface area contributed by atoms with Gasteiger partial charge in [0.2, 0.25) is 0 Å². The van der Waals surface area contributed by atoms with Crippen molar-refractivity contribution >= 4 is 6.09 Å². The van der Waals surface area contributed by atoms with Crippen LogP contribution >= 0.6 is 0 Å². The monoisotopic (exact) mass is 320 g/mol. The number of carbonyl (C=O) groups is 1. The molecule has 1 fully saturated rings. The molecule has 1 aliphatic carbocycles. The van der Waals surface area contributed by atoms with Gasteiger partial charge in [-0.15, -0.1) is 0 Å². The molecule has 0 spiro atoms. The van der Waals surface area contributed by atoms with E-state index >= 15 is 0 Å². The Balaban J connectivity index is 1.55. The topological polar surface area (TPSA) is 63.5 Å². The molecule has 0 bridgehead atoms. The molecule has 1 heterocycles. The van der Waals surface area contributed by atoms with Crippen LogP contribution in [0.3, 0.4) is 0 Å². The average molecular weight is 320 g/mol. The fraction of sp³-hybridized carbons (Fsp3) is 0.611. The van der Waals surface area contributed by atoms with Crippen LogP contribution in [-0.2, 0) is 11.3 Å². The third kappa shape index (κ3) is 6.48. The molecular weight excluding hydrogens is 292 g/mol. The summed E-state index contributed by atoms with van der Waals surface area (Å²) in [5.41, 5.74) is -0.463. The van der Waals surface area contributed by atoms with E-state index in [9.17, 15) is 4.79 Å². The lowest BCUT2D eigenvalue weighted by atomic mass is 10.2. The zero-order chi connectivity index (χ0) is 16.9. The van der Waals surface area contributed by atoms with Gasteiger partial charge in [-0.05, 0) is 45.2 Å². The summed E-state index contributed by atoms with van der Waals surface area (Å²) in [6, 6.07) is 4.13. The quantitative estimate of drug-likeness (QED) is 0.595. The van der Waals surface area contributed by atoms with Gasteiger partial charge >= 0.3 is 6.09 Å². The summed E-state index contributed by atoms with van der Waals surface area (Å²) >= 11 is 0. The zero-order valence-electron chi connectivity index (χ0n) is 14.5. The third-order valence-electron chi connectivity index (χ3n) is 3.65. The van der Waals surface area contributed by atoms with Crippen molar-refractivity contribution in [2.75, 3.05) is 13.1 Å². The summed E-state index contributed by atoms with van der Waals surface area (Å²) in [5.74, 6) is 3.48. The number of nitrogens with one attached hydrogen (secondary N) is 2. The van der Waals surface area contributed by atoms with Crippen LogP contribution in [0.15, 0.2) is 28.7 Å². The number of furan rings is 1. The predicted octanol–water partition coefficient (Wildman–Crippen LogP) is 3.57. The molecule has 0 radical (unpaired) electrons. The number of carbonyl (C=O) groups excluding carboxylic acids is 1. The summed E-state index contributed by atoms with van der Waals surface area (Å²) in [6.07, 6.45) is 4.72. The van der Waals surface area contributed by atoms with E-state index in [0.717, 1.165) is 24.0 Å². The molecule has 0 aromatic carbocycles. The lowest BCUT2D eigenvalue weighted by Gasteiger charge is -2.19. The Hall–Kier alpha value is -1.75. The van der Waals surface area contributed by atoms with Crippen molar-refractivity contribution in [2.45, 2.75) is 52.2 Å². The highest BCUT2D eigenvalue weighted by Crippen LogP contribution is 2.47. The van der Waals surface area contributed by atoms with Gasteiger partial charge in [0.25, 0.3) is 0 Å². The fourth-order valence-electron chi connectivity index (χ4n) is 2.31. The molecule has 128 valence electrons. The molecule has 1 aromatic rings. The van der Waals surface area contributed by atoms with Crippen LogP contribution in [0.4, 0.5) is 4.79 Å². The number of hydrogen-bond donors (Lipinski definition) is 2. The van der Waals surface area contributed by atoms with Crippen LogP contribution in [-0.4, -0.2) is 24.8 Å². The average Bonchev–Trinajstić information content (AvgIpc) is 2.98. The molecule has 1 aliphatic rings. The third-order valence-corrected chi connectivity index (χ3v) is 3.65. The van der Waals surface area contributed by atoms with E-state index in [1.165, 1.54) is 6.42 Å². The maximum atomic E-state index is 11.4. The van der Waals surface area contributed by atoms with E-state index in [-0.39, 0.29) is 0 Å². The Labute approximate surface area is 138 Å². The van der Waals surface area contributed by atoms with Crippen molar-refractivity contribution in [3.05, 3.63) is 35.8 Å². The second kappa shape index (κ2) is 7.68. The van der Waals surface area contributed by atoms with Gasteiger partial charge in [-0.3, -0.25) is 0 Å². The van der Waals surface area contributed by atoms with Crippen LogP contribution in [0, 0.1) is 5.92 Å². The van der Waals surface area contributed by atoms with E-state index in [4.69, 9.17) is 9.15 Å². The molecule has 2 unspecified atom stereocenters. The summed E-state index contributed by atoms with van der Waals surface area (Å²) in [4.78, 5) is 11.4. The van der Waals surface area contributed by atoms with Gasteiger partial charge in [-0.1, -0.05) is 19.1 Å². The largest absolute Gasteiger partial charge is 0.464 e. The van der Waals surface area contributed by atoms with Crippen molar-refractivity contribution in [3.63, 3.8) is 0 Å². The fourth-order valence-corrected chi connectivity index (χ4v) is 2.31. The first-order valence-electron chi connectivity index (χ1n) is 8.26. The van der Waals surface area contributed by atoms with Crippen molar-refractivity contribution in [2.24, 2.45) is 5.92 Å². The lowest BCUT2D eigenvalue weighted by Crippen LogP contribution is -2.32. The highest BCUT2D eigenvalue weighted by atomic mass is 16.6. The van der Waals surface area contributed by atoms with E-state index in [1.54, 1.807) is 0 Å². The maximum absolute atomic E-state index is 11.4. The molecule has 0 aliphatic heterocycles. The Kier molecular flexibility index (Phi) is 5.88. The Morgan fingerprint density at radius 1 is 1.35 bits per heavy atom. The number of alkyl carbamates (subject to hydrolysis) is 1. The van der Waals surface area contributed by atoms with Gasteiger partial charge in [-0.2, -0.15) is 0 Å². The van der Waals surface area contributed by atoms with Crippen LogP contribution < -0.4 is 10.6 Å². The molecule has 5 nitrogen and oxygen atoms in total. The summed E-state index contributed by atoms with van der Waals surface area (Å²) in [5, 5.41) is 5.97. The molecule has 1 amide bonds. The normalized spacial score (nSPS) is 20.7. The summed E-state index contributed by atoms with van der Waals surface area (Å²) in [6.45, 7) is 9.68. The van der Waals surface area contributed by atoms with E-state index < -0.39 is 11.7 Å². The smallest absolute Gasteiger partial charge is 0.407 e. The van der Waals surface area contributed by atoms with Crippen LogP contribution in [0.1, 0.15) is 51.6 Å². The van der Waals surface area contributed by atoms with Crippen molar-refractivity contribution in [1.29, 1.82) is 0 Å². The minimum absolute atomic E-state index is 0.396. The Morgan fingerprint density at radius 3 is 2.70 bits per heavy atom. The highest BCUT2D eigenvalue weighted by molar-refractivity contribution is 5.67. The molecule has 1 saturated carbocycles. The Bertz CT molecular complexity index is 543. The maximum Gasteiger partial charge on any atom is 0.407 e. The number of amides is 1. The van der Waals surface area contributed by atoms with Crippen LogP contribution in [0.25, 0.3) is 0 Å². The van der Waals surface area contributed by atoms with Gasteiger partial charge < -0.3 is 19.8 Å². The van der Waals surface area contributed by atoms with Crippen LogP contribution in [0.5, 0.6) is 0 Å². The number of hydrogen-bond acceptors (Lipinski definition) is 4. The first kappa shape index (κ1) is 17.6. The Morgan fingerprint density at radius 2 is 2.04 bits per heavy atom. The second-order valence-electron chi connectivity index (χ2n) is 7.11. The molecule has 0 saturated heterocycles. The number of ether oxygens (including phenoxy) is 1. The molecular formula is C18H28N2O3. The first-order chi connectivity index (χ1) is 10.8. The first-order valence-corrected chi connectivity index (χ1v) is 8.26. The lowest BCUT2D eigenvalue weighted by molar-refractivity contribution is 0.0534. The number of rotatable bonds is 7. The van der Waals surface area contributed by atoms with Crippen molar-refractivity contribution < 1.29 is 13.9 Å². The van der Waals surface area contributed by atoms with Gasteiger partial charge in [0.1, 0.15) is 17.1 Å². The zero-order valence-corrected chi connectivity index (χ0v) is 14.5. The molecule has 2 rings (SSSR count). The second-order valence-corrected chi connectivity index (χ2v) is 7.11. The van der Waals surface area contributed by atoms with Gasteiger partial charge in [0.05, 0.1) is 6.54 Å². The molecule has 23 heavy (non-hydrogen) atoms. The van der Waals surface area contributed by atoms with Crippen molar-refractivity contribution in [1.82, 2.24) is 10.6 Å². The SMILES string of the molecule is CC1CC1c1ccc(CNC/C=C/CNC(=O)OC(C)(C)C)o1.